The summed E-state index contributed by atoms with van der Waals surface area (Å²) in [5.41, 5.74) is 7.31. The van der Waals surface area contributed by atoms with Gasteiger partial charge in [-0.3, -0.25) is 0 Å². The molecule has 30 heavy (non-hydrogen) atoms. The number of fused-ring (bicyclic) bond motifs is 1. The highest BCUT2D eigenvalue weighted by Gasteiger charge is 2.15. The van der Waals surface area contributed by atoms with Crippen molar-refractivity contribution in [2.75, 3.05) is 43.4 Å². The molecule has 1 aliphatic rings. The average Bonchev–Trinajstić information content (AvgIpc) is 3.17. The first-order valence-electron chi connectivity index (χ1n) is 10.4. The Kier molecular flexibility index (Phi) is 4.89. The maximum atomic E-state index is 6.12. The van der Waals surface area contributed by atoms with Crippen LogP contribution in [0.1, 0.15) is 5.56 Å². The third kappa shape index (κ3) is 3.76. The molecule has 5 rings (SSSR count). The Balaban J connectivity index is 1.38. The first-order valence-corrected chi connectivity index (χ1v) is 10.4. The third-order valence-electron chi connectivity index (χ3n) is 5.73. The van der Waals surface area contributed by atoms with Crippen molar-refractivity contribution in [3.8, 4) is 11.1 Å². The zero-order valence-electron chi connectivity index (χ0n) is 17.4. The van der Waals surface area contributed by atoms with E-state index >= 15 is 0 Å². The lowest BCUT2D eigenvalue weighted by atomic mass is 10.0. The number of piperazine rings is 1. The number of oxazole rings is 1. The Morgan fingerprint density at radius 3 is 2.43 bits per heavy atom. The van der Waals surface area contributed by atoms with E-state index in [0.29, 0.717) is 6.01 Å². The van der Waals surface area contributed by atoms with Gasteiger partial charge >= 0.3 is 0 Å². The quantitative estimate of drug-likeness (QED) is 0.505. The Morgan fingerprint density at radius 2 is 1.67 bits per heavy atom. The van der Waals surface area contributed by atoms with Gasteiger partial charge in [0.25, 0.3) is 6.01 Å². The first kappa shape index (κ1) is 18.7. The van der Waals surface area contributed by atoms with Crippen LogP contribution in [0.3, 0.4) is 0 Å². The van der Waals surface area contributed by atoms with Gasteiger partial charge in [0.15, 0.2) is 5.58 Å². The van der Waals surface area contributed by atoms with Crippen LogP contribution >= 0.6 is 0 Å². The fourth-order valence-corrected chi connectivity index (χ4v) is 3.99. The van der Waals surface area contributed by atoms with E-state index in [9.17, 15) is 0 Å². The van der Waals surface area contributed by atoms with E-state index in [2.05, 4.69) is 88.7 Å². The number of nitrogens with one attached hydrogen (secondary N) is 1. The summed E-state index contributed by atoms with van der Waals surface area (Å²) < 4.78 is 6.12. The lowest BCUT2D eigenvalue weighted by Crippen LogP contribution is -2.44. The maximum absolute atomic E-state index is 6.12. The van der Waals surface area contributed by atoms with Crippen LogP contribution in [0.4, 0.5) is 17.4 Å². The molecule has 4 aromatic rings. The van der Waals surface area contributed by atoms with Crippen LogP contribution in [0.25, 0.3) is 22.2 Å². The van der Waals surface area contributed by atoms with Gasteiger partial charge in [-0.15, -0.1) is 0 Å². The smallest absolute Gasteiger partial charge is 0.300 e. The van der Waals surface area contributed by atoms with Gasteiger partial charge in [0.05, 0.1) is 0 Å². The molecule has 5 heteroatoms. The van der Waals surface area contributed by atoms with Crippen molar-refractivity contribution < 1.29 is 4.42 Å². The molecule has 0 bridgehead atoms. The van der Waals surface area contributed by atoms with Crippen LogP contribution in [0.5, 0.6) is 0 Å². The van der Waals surface area contributed by atoms with E-state index in [0.717, 1.165) is 54.1 Å². The van der Waals surface area contributed by atoms with E-state index in [4.69, 9.17) is 4.42 Å². The van der Waals surface area contributed by atoms with Gasteiger partial charge in [0.1, 0.15) is 5.52 Å². The van der Waals surface area contributed by atoms with Gasteiger partial charge < -0.3 is 19.5 Å². The van der Waals surface area contributed by atoms with Crippen LogP contribution in [0.2, 0.25) is 0 Å². The lowest BCUT2D eigenvalue weighted by molar-refractivity contribution is 0.313. The molecule has 0 saturated carbocycles. The highest BCUT2D eigenvalue weighted by Crippen LogP contribution is 2.32. The Morgan fingerprint density at radius 1 is 0.900 bits per heavy atom. The van der Waals surface area contributed by atoms with Gasteiger partial charge in [0.2, 0.25) is 0 Å². The number of aromatic nitrogens is 1. The largest absolute Gasteiger partial charge is 0.423 e. The molecule has 1 aliphatic heterocycles. The molecular weight excluding hydrogens is 372 g/mol. The minimum Gasteiger partial charge on any atom is -0.423 e. The number of para-hydroxylation sites is 1. The summed E-state index contributed by atoms with van der Waals surface area (Å²) in [6.07, 6.45) is 0. The topological polar surface area (TPSA) is 44.5 Å². The number of aryl methyl sites for hydroxylation is 1. The number of rotatable bonds is 4. The molecule has 1 aromatic heterocycles. The zero-order valence-corrected chi connectivity index (χ0v) is 17.4. The summed E-state index contributed by atoms with van der Waals surface area (Å²) in [5, 5.41) is 3.32. The summed E-state index contributed by atoms with van der Waals surface area (Å²) in [7, 11) is 2.18. The maximum Gasteiger partial charge on any atom is 0.300 e. The summed E-state index contributed by atoms with van der Waals surface area (Å²) >= 11 is 0. The molecule has 0 atom stereocenters. The van der Waals surface area contributed by atoms with Crippen LogP contribution in [0, 0.1) is 6.92 Å². The van der Waals surface area contributed by atoms with E-state index in [1.807, 2.05) is 12.1 Å². The molecule has 3 aromatic carbocycles. The molecule has 0 radical (unpaired) electrons. The SMILES string of the molecule is Cc1cccc(-c2cccc3nc(Nc4ccc(N5CCN(C)CC5)cc4)oc23)c1. The molecule has 1 saturated heterocycles. The predicted molar refractivity (Wildman–Crippen MR) is 124 cm³/mol. The number of likely N-dealkylation sites (N-methyl/N-ethyl adjacent to an activating group) is 1. The summed E-state index contributed by atoms with van der Waals surface area (Å²) in [5.74, 6) is 0. The predicted octanol–water partition coefficient (Wildman–Crippen LogP) is 5.30. The summed E-state index contributed by atoms with van der Waals surface area (Å²) in [4.78, 5) is 9.44. The Labute approximate surface area is 176 Å². The monoisotopic (exact) mass is 398 g/mol. The van der Waals surface area contributed by atoms with Crippen LogP contribution in [0.15, 0.2) is 71.1 Å². The molecule has 1 N–H and O–H groups in total. The van der Waals surface area contributed by atoms with Gasteiger partial charge in [-0.25, -0.2) is 0 Å². The Bertz CT molecular complexity index is 1160. The molecular formula is C25H26N4O. The number of hydrogen-bond donors (Lipinski definition) is 1. The number of benzene rings is 3. The number of nitrogens with zero attached hydrogens (tertiary/aromatic N) is 3. The van der Waals surface area contributed by atoms with E-state index in [1.165, 1.54) is 11.3 Å². The van der Waals surface area contributed by atoms with Gasteiger partial charge in [-0.05, 0) is 49.9 Å². The van der Waals surface area contributed by atoms with Crippen molar-refractivity contribution in [1.82, 2.24) is 9.88 Å². The minimum absolute atomic E-state index is 0.512. The number of anilines is 3. The van der Waals surface area contributed by atoms with Gasteiger partial charge in [-0.1, -0.05) is 42.0 Å². The average molecular weight is 399 g/mol. The van der Waals surface area contributed by atoms with E-state index in [1.54, 1.807) is 0 Å². The first-order chi connectivity index (χ1) is 14.7. The second-order valence-corrected chi connectivity index (χ2v) is 8.00. The zero-order chi connectivity index (χ0) is 20.5. The van der Waals surface area contributed by atoms with Crippen LogP contribution in [-0.4, -0.2) is 43.1 Å². The summed E-state index contributed by atoms with van der Waals surface area (Å²) in [6.45, 7) is 6.44. The van der Waals surface area contributed by atoms with Crippen LogP contribution in [-0.2, 0) is 0 Å². The molecule has 152 valence electrons. The van der Waals surface area contributed by atoms with Gasteiger partial charge in [-0.2, -0.15) is 4.98 Å². The molecule has 0 amide bonds. The van der Waals surface area contributed by atoms with Crippen molar-refractivity contribution in [3.63, 3.8) is 0 Å². The third-order valence-corrected chi connectivity index (χ3v) is 5.73. The van der Waals surface area contributed by atoms with Crippen molar-refractivity contribution in [3.05, 3.63) is 72.3 Å². The second-order valence-electron chi connectivity index (χ2n) is 8.00. The van der Waals surface area contributed by atoms with E-state index in [-0.39, 0.29) is 0 Å². The Hall–Kier alpha value is -3.31. The lowest BCUT2D eigenvalue weighted by Gasteiger charge is -2.34. The molecule has 5 nitrogen and oxygen atoms in total. The second kappa shape index (κ2) is 7.84. The molecule has 0 unspecified atom stereocenters. The number of hydrogen-bond acceptors (Lipinski definition) is 5. The minimum atomic E-state index is 0.512. The van der Waals surface area contributed by atoms with Crippen molar-refractivity contribution >= 4 is 28.5 Å². The standard InChI is InChI=1S/C25H26N4O/c1-18-5-3-6-19(17-18)22-7-4-8-23-24(22)30-25(27-23)26-20-9-11-21(12-10-20)29-15-13-28(2)14-16-29/h3-12,17H,13-16H2,1-2H3,(H,26,27). The highest BCUT2D eigenvalue weighted by molar-refractivity contribution is 5.91. The van der Waals surface area contributed by atoms with Crippen molar-refractivity contribution in [2.45, 2.75) is 6.92 Å². The van der Waals surface area contributed by atoms with Crippen molar-refractivity contribution in [2.24, 2.45) is 0 Å². The van der Waals surface area contributed by atoms with Gasteiger partial charge in [0, 0.05) is 43.1 Å². The normalized spacial score (nSPS) is 14.9. The molecule has 1 fully saturated rings. The van der Waals surface area contributed by atoms with E-state index < -0.39 is 0 Å². The van der Waals surface area contributed by atoms with Crippen LogP contribution < -0.4 is 10.2 Å². The van der Waals surface area contributed by atoms with Crippen molar-refractivity contribution in [1.29, 1.82) is 0 Å². The molecule has 0 aliphatic carbocycles. The fourth-order valence-electron chi connectivity index (χ4n) is 3.99. The molecule has 2 heterocycles. The molecule has 0 spiro atoms. The highest BCUT2D eigenvalue weighted by atomic mass is 16.4. The summed E-state index contributed by atoms with van der Waals surface area (Å²) in [6, 6.07) is 23.5. The fraction of sp³-hybridized carbons (Fsp3) is 0.240.